The smallest absolute Gasteiger partial charge is 0.257 e. The van der Waals surface area contributed by atoms with Crippen molar-refractivity contribution >= 4 is 29.1 Å². The van der Waals surface area contributed by atoms with Crippen molar-refractivity contribution in [1.82, 2.24) is 20.1 Å². The Bertz CT molecular complexity index is 1390. The number of piperazine rings is 2. The van der Waals surface area contributed by atoms with E-state index in [1.165, 1.54) is 11.8 Å². The molecule has 1 aromatic heterocycles. The standard InChI is InChI=1S/C32H38N6O3/c1-32(2,3)26-9-6-23(7-10-26)30(40)38-19-17-36(18-20-38)28-11-8-24(31(41)37-15-13-33-14-16-37)21-27(28)35-29(39)25-5-4-12-34-22-25/h4-12,21-22,33H,13-20H2,1-3H3,(H,35,39). The molecule has 2 aliphatic heterocycles. The molecule has 0 saturated carbocycles. The van der Waals surface area contributed by atoms with Crippen molar-refractivity contribution in [3.05, 3.63) is 89.2 Å². The van der Waals surface area contributed by atoms with Gasteiger partial charge in [-0.1, -0.05) is 32.9 Å². The number of nitrogens with one attached hydrogen (secondary N) is 2. The Labute approximate surface area is 241 Å². The molecule has 0 aliphatic carbocycles. The zero-order valence-electron chi connectivity index (χ0n) is 24.0. The number of hydrogen-bond donors (Lipinski definition) is 2. The molecular weight excluding hydrogens is 516 g/mol. The largest absolute Gasteiger partial charge is 0.366 e. The molecular formula is C32H38N6O3. The number of rotatable bonds is 5. The lowest BCUT2D eigenvalue weighted by Gasteiger charge is -2.37. The molecule has 5 rings (SSSR count). The van der Waals surface area contributed by atoms with Crippen molar-refractivity contribution in [2.75, 3.05) is 62.6 Å². The molecule has 2 aliphatic rings. The number of carbonyl (C=O) groups is 3. The Morgan fingerprint density at radius 2 is 1.41 bits per heavy atom. The van der Waals surface area contributed by atoms with Crippen LogP contribution in [0.1, 0.15) is 57.4 Å². The Kier molecular flexibility index (Phi) is 8.35. The van der Waals surface area contributed by atoms with Crippen LogP contribution in [-0.2, 0) is 5.41 Å². The van der Waals surface area contributed by atoms with E-state index in [-0.39, 0.29) is 23.1 Å². The first kappa shape index (κ1) is 28.3. The number of nitrogens with zero attached hydrogens (tertiary/aromatic N) is 4. The van der Waals surface area contributed by atoms with Gasteiger partial charge in [0.15, 0.2) is 0 Å². The maximum Gasteiger partial charge on any atom is 0.257 e. The van der Waals surface area contributed by atoms with Gasteiger partial charge in [-0.05, 0) is 53.4 Å². The molecule has 0 unspecified atom stereocenters. The van der Waals surface area contributed by atoms with E-state index in [2.05, 4.69) is 41.3 Å². The topological polar surface area (TPSA) is 97.9 Å². The number of hydrogen-bond acceptors (Lipinski definition) is 6. The summed E-state index contributed by atoms with van der Waals surface area (Å²) in [6.07, 6.45) is 3.14. The van der Waals surface area contributed by atoms with Crippen LogP contribution in [0.25, 0.3) is 0 Å². The van der Waals surface area contributed by atoms with Gasteiger partial charge in [0, 0.05) is 75.9 Å². The second kappa shape index (κ2) is 12.1. The minimum absolute atomic E-state index is 0.0205. The Morgan fingerprint density at radius 3 is 2.05 bits per heavy atom. The summed E-state index contributed by atoms with van der Waals surface area (Å²) < 4.78 is 0. The Balaban J connectivity index is 1.33. The van der Waals surface area contributed by atoms with Gasteiger partial charge in [-0.3, -0.25) is 19.4 Å². The molecule has 9 heteroatoms. The molecule has 2 saturated heterocycles. The number of pyridine rings is 1. The first-order chi connectivity index (χ1) is 19.7. The predicted octanol–water partition coefficient (Wildman–Crippen LogP) is 3.64. The van der Waals surface area contributed by atoms with Gasteiger partial charge in [0.05, 0.1) is 16.9 Å². The van der Waals surface area contributed by atoms with Gasteiger partial charge in [-0.25, -0.2) is 0 Å². The normalized spacial score (nSPS) is 15.9. The molecule has 0 atom stereocenters. The van der Waals surface area contributed by atoms with Gasteiger partial charge in [0.2, 0.25) is 0 Å². The number of carbonyl (C=O) groups excluding carboxylic acids is 3. The lowest BCUT2D eigenvalue weighted by Crippen LogP contribution is -2.49. The molecule has 214 valence electrons. The van der Waals surface area contributed by atoms with Crippen molar-refractivity contribution in [1.29, 1.82) is 0 Å². The summed E-state index contributed by atoms with van der Waals surface area (Å²) in [6.45, 7) is 11.6. The summed E-state index contributed by atoms with van der Waals surface area (Å²) >= 11 is 0. The summed E-state index contributed by atoms with van der Waals surface area (Å²) in [4.78, 5) is 49.5. The summed E-state index contributed by atoms with van der Waals surface area (Å²) in [7, 11) is 0. The van der Waals surface area contributed by atoms with Crippen molar-refractivity contribution in [2.45, 2.75) is 26.2 Å². The maximum absolute atomic E-state index is 13.2. The molecule has 0 radical (unpaired) electrons. The van der Waals surface area contributed by atoms with Crippen molar-refractivity contribution in [3.63, 3.8) is 0 Å². The molecule has 0 bridgehead atoms. The highest BCUT2D eigenvalue weighted by Crippen LogP contribution is 2.30. The van der Waals surface area contributed by atoms with E-state index >= 15 is 0 Å². The molecule has 0 spiro atoms. The van der Waals surface area contributed by atoms with E-state index in [4.69, 9.17) is 0 Å². The van der Waals surface area contributed by atoms with Crippen LogP contribution < -0.4 is 15.5 Å². The third-order valence-corrected chi connectivity index (χ3v) is 7.73. The van der Waals surface area contributed by atoms with E-state index in [0.717, 1.165) is 18.8 Å². The van der Waals surface area contributed by atoms with Gasteiger partial charge in [0.1, 0.15) is 0 Å². The quantitative estimate of drug-likeness (QED) is 0.500. The highest BCUT2D eigenvalue weighted by molar-refractivity contribution is 6.07. The second-order valence-electron chi connectivity index (χ2n) is 11.6. The fourth-order valence-electron chi connectivity index (χ4n) is 5.23. The van der Waals surface area contributed by atoms with Gasteiger partial charge >= 0.3 is 0 Å². The summed E-state index contributed by atoms with van der Waals surface area (Å²) in [5, 5.41) is 6.28. The minimum atomic E-state index is -0.293. The van der Waals surface area contributed by atoms with Crippen LogP contribution in [0.4, 0.5) is 11.4 Å². The van der Waals surface area contributed by atoms with Crippen LogP contribution in [0.2, 0.25) is 0 Å². The summed E-state index contributed by atoms with van der Waals surface area (Å²) in [5.41, 5.74) is 4.26. The highest BCUT2D eigenvalue weighted by atomic mass is 16.2. The molecule has 3 heterocycles. The fraction of sp³-hybridized carbons (Fsp3) is 0.375. The van der Waals surface area contributed by atoms with Crippen LogP contribution in [0.15, 0.2) is 67.0 Å². The lowest BCUT2D eigenvalue weighted by atomic mass is 9.86. The van der Waals surface area contributed by atoms with Crippen LogP contribution in [-0.4, -0.2) is 84.9 Å². The van der Waals surface area contributed by atoms with Crippen LogP contribution in [0.3, 0.4) is 0 Å². The zero-order chi connectivity index (χ0) is 29.0. The number of benzene rings is 2. The lowest BCUT2D eigenvalue weighted by molar-refractivity contribution is 0.0731. The monoisotopic (exact) mass is 554 g/mol. The molecule has 2 fully saturated rings. The SMILES string of the molecule is CC(C)(C)c1ccc(C(=O)N2CCN(c3ccc(C(=O)N4CCNCC4)cc3NC(=O)c3cccnc3)CC2)cc1. The van der Waals surface area contributed by atoms with Crippen LogP contribution in [0.5, 0.6) is 0 Å². The van der Waals surface area contributed by atoms with E-state index in [1.807, 2.05) is 46.2 Å². The summed E-state index contributed by atoms with van der Waals surface area (Å²) in [5.74, 6) is -0.325. The summed E-state index contributed by atoms with van der Waals surface area (Å²) in [6, 6.07) is 16.8. The maximum atomic E-state index is 13.2. The minimum Gasteiger partial charge on any atom is -0.366 e. The predicted molar refractivity (Wildman–Crippen MR) is 161 cm³/mol. The molecule has 2 N–H and O–H groups in total. The third-order valence-electron chi connectivity index (χ3n) is 7.73. The number of anilines is 2. The third kappa shape index (κ3) is 6.57. The highest BCUT2D eigenvalue weighted by Gasteiger charge is 2.26. The van der Waals surface area contributed by atoms with E-state index < -0.39 is 0 Å². The molecule has 2 aromatic carbocycles. The van der Waals surface area contributed by atoms with Gasteiger partial charge in [-0.2, -0.15) is 0 Å². The van der Waals surface area contributed by atoms with Crippen LogP contribution >= 0.6 is 0 Å². The van der Waals surface area contributed by atoms with Gasteiger partial charge in [0.25, 0.3) is 17.7 Å². The molecule has 3 aromatic rings. The average Bonchev–Trinajstić information content (AvgIpc) is 3.01. The Morgan fingerprint density at radius 1 is 0.780 bits per heavy atom. The number of amides is 3. The van der Waals surface area contributed by atoms with E-state index in [1.54, 1.807) is 24.4 Å². The first-order valence-corrected chi connectivity index (χ1v) is 14.2. The Hall–Kier alpha value is -4.24. The van der Waals surface area contributed by atoms with Crippen LogP contribution in [0, 0.1) is 0 Å². The fourth-order valence-corrected chi connectivity index (χ4v) is 5.23. The van der Waals surface area contributed by atoms with E-state index in [0.29, 0.717) is 61.6 Å². The van der Waals surface area contributed by atoms with E-state index in [9.17, 15) is 14.4 Å². The van der Waals surface area contributed by atoms with Gasteiger partial charge in [-0.15, -0.1) is 0 Å². The molecule has 3 amide bonds. The van der Waals surface area contributed by atoms with Crippen molar-refractivity contribution in [2.24, 2.45) is 0 Å². The molecule has 9 nitrogen and oxygen atoms in total. The number of aromatic nitrogens is 1. The first-order valence-electron chi connectivity index (χ1n) is 14.2. The van der Waals surface area contributed by atoms with Gasteiger partial charge < -0.3 is 25.3 Å². The second-order valence-corrected chi connectivity index (χ2v) is 11.6. The molecule has 41 heavy (non-hydrogen) atoms. The van der Waals surface area contributed by atoms with Crippen molar-refractivity contribution < 1.29 is 14.4 Å². The zero-order valence-corrected chi connectivity index (χ0v) is 24.0. The average molecular weight is 555 g/mol. The van der Waals surface area contributed by atoms with Crippen molar-refractivity contribution in [3.8, 4) is 0 Å².